The van der Waals surface area contributed by atoms with E-state index < -0.39 is 27.5 Å². The molecular weight excluding hydrogens is 455 g/mol. The highest BCUT2D eigenvalue weighted by Crippen LogP contribution is 2.32. The van der Waals surface area contributed by atoms with Crippen LogP contribution in [-0.4, -0.2) is 29.3 Å². The first-order valence-corrected chi connectivity index (χ1v) is 11.7. The van der Waals surface area contributed by atoms with Gasteiger partial charge in [0.1, 0.15) is 5.75 Å². The first kappa shape index (κ1) is 22.8. The van der Waals surface area contributed by atoms with E-state index in [1.165, 1.54) is 24.3 Å². The number of fused-ring (bicyclic) bond motifs is 1. The minimum absolute atomic E-state index is 0.0282. The van der Waals surface area contributed by atoms with E-state index in [1.807, 2.05) is 13.8 Å². The van der Waals surface area contributed by atoms with E-state index in [9.17, 15) is 21.6 Å². The molecule has 10 heteroatoms. The van der Waals surface area contributed by atoms with Gasteiger partial charge in [0.15, 0.2) is 15.5 Å². The Morgan fingerprint density at radius 2 is 1.76 bits per heavy atom. The smallest absolute Gasteiger partial charge is 0.435 e. The number of ether oxygens (including phenoxy) is 1. The number of pyridine rings is 1. The summed E-state index contributed by atoms with van der Waals surface area (Å²) in [5, 5.41) is 4.25. The molecule has 0 aliphatic rings. The van der Waals surface area contributed by atoms with Crippen molar-refractivity contribution in [1.29, 1.82) is 0 Å². The van der Waals surface area contributed by atoms with Gasteiger partial charge in [0.2, 0.25) is 0 Å². The summed E-state index contributed by atoms with van der Waals surface area (Å²) < 4.78 is 73.1. The van der Waals surface area contributed by atoms with Crippen LogP contribution in [0.3, 0.4) is 0 Å². The normalized spacial score (nSPS) is 12.4. The Hall–Kier alpha value is -3.40. The van der Waals surface area contributed by atoms with Crippen LogP contribution in [0.2, 0.25) is 0 Å². The summed E-state index contributed by atoms with van der Waals surface area (Å²) in [6.07, 6.45) is -3.26. The van der Waals surface area contributed by atoms with E-state index >= 15 is 0 Å². The molecule has 0 radical (unpaired) electrons. The molecule has 2 aromatic carbocycles. The third-order valence-corrected chi connectivity index (χ3v) is 6.48. The topological polar surface area (TPSA) is 74.1 Å². The number of hydrogen-bond donors (Lipinski definition) is 0. The lowest BCUT2D eigenvalue weighted by atomic mass is 10.2. The van der Waals surface area contributed by atoms with Gasteiger partial charge in [-0.05, 0) is 68.4 Å². The SMILES string of the molecule is CC(C)Oc1ccc(S(=O)(=O)Cc2cc(C(F)(F)F)nn2-c2cccc3ncccc23)cc1. The van der Waals surface area contributed by atoms with Crippen molar-refractivity contribution in [3.05, 3.63) is 78.2 Å². The quantitative estimate of drug-likeness (QED) is 0.383. The lowest BCUT2D eigenvalue weighted by molar-refractivity contribution is -0.141. The molecule has 4 rings (SSSR count). The van der Waals surface area contributed by atoms with Gasteiger partial charge in [-0.15, -0.1) is 0 Å². The maximum Gasteiger partial charge on any atom is 0.435 e. The third kappa shape index (κ3) is 4.85. The highest BCUT2D eigenvalue weighted by atomic mass is 32.2. The monoisotopic (exact) mass is 475 g/mol. The van der Waals surface area contributed by atoms with Crippen molar-refractivity contribution in [3.63, 3.8) is 0 Å². The number of hydrogen-bond acceptors (Lipinski definition) is 5. The number of nitrogens with zero attached hydrogens (tertiary/aromatic N) is 3. The average Bonchev–Trinajstić information content (AvgIpc) is 3.16. The standard InChI is InChI=1S/C23H20F3N3O3S/c1-15(2)32-17-8-10-18(11-9-17)33(30,31)14-16-13-22(23(24,25)26)28-29(16)21-7-3-6-20-19(21)5-4-12-27-20/h3-13,15H,14H2,1-2H3. The Bertz CT molecular complexity index is 1390. The van der Waals surface area contributed by atoms with Gasteiger partial charge in [-0.1, -0.05) is 6.07 Å². The highest BCUT2D eigenvalue weighted by Gasteiger charge is 2.36. The Morgan fingerprint density at radius 3 is 2.42 bits per heavy atom. The molecule has 0 N–H and O–H groups in total. The van der Waals surface area contributed by atoms with Crippen molar-refractivity contribution < 1.29 is 26.3 Å². The fourth-order valence-corrected chi connectivity index (χ4v) is 4.73. The summed E-state index contributed by atoms with van der Waals surface area (Å²) in [5.74, 6) is -0.173. The van der Waals surface area contributed by atoms with E-state index in [4.69, 9.17) is 4.74 Å². The molecule has 4 aromatic rings. The molecule has 0 saturated heterocycles. The molecule has 0 fully saturated rings. The highest BCUT2D eigenvalue weighted by molar-refractivity contribution is 7.90. The van der Waals surface area contributed by atoms with Crippen LogP contribution in [0.15, 0.2) is 71.8 Å². The van der Waals surface area contributed by atoms with Crippen molar-refractivity contribution in [2.75, 3.05) is 0 Å². The second-order valence-corrected chi connectivity index (χ2v) is 9.66. The summed E-state index contributed by atoms with van der Waals surface area (Å²) in [4.78, 5) is 4.18. The van der Waals surface area contributed by atoms with Gasteiger partial charge in [0.25, 0.3) is 0 Å². The fourth-order valence-electron chi connectivity index (χ4n) is 3.42. The molecule has 172 valence electrons. The summed E-state index contributed by atoms with van der Waals surface area (Å²) >= 11 is 0. The summed E-state index contributed by atoms with van der Waals surface area (Å²) in [6.45, 7) is 3.68. The van der Waals surface area contributed by atoms with Crippen LogP contribution in [0, 0.1) is 0 Å². The molecule has 0 aliphatic carbocycles. The first-order chi connectivity index (χ1) is 15.5. The van der Waals surface area contributed by atoms with E-state index in [1.54, 1.807) is 36.5 Å². The van der Waals surface area contributed by atoms with Crippen LogP contribution >= 0.6 is 0 Å². The molecular formula is C23H20F3N3O3S. The molecule has 0 saturated carbocycles. The van der Waals surface area contributed by atoms with Crippen LogP contribution in [0.1, 0.15) is 25.2 Å². The molecule has 0 amide bonds. The minimum Gasteiger partial charge on any atom is -0.491 e. The average molecular weight is 475 g/mol. The second-order valence-electron chi connectivity index (χ2n) is 7.67. The van der Waals surface area contributed by atoms with Crippen molar-refractivity contribution in [1.82, 2.24) is 14.8 Å². The van der Waals surface area contributed by atoms with E-state index in [0.717, 1.165) is 10.7 Å². The van der Waals surface area contributed by atoms with Gasteiger partial charge < -0.3 is 4.74 Å². The van der Waals surface area contributed by atoms with Crippen molar-refractivity contribution in [2.24, 2.45) is 0 Å². The predicted octanol–water partition coefficient (Wildman–Crippen LogP) is 5.20. The Kier molecular flexibility index (Phi) is 5.87. The van der Waals surface area contributed by atoms with Gasteiger partial charge in [-0.3, -0.25) is 4.98 Å². The number of halogens is 3. The number of benzene rings is 2. The van der Waals surface area contributed by atoms with Crippen LogP contribution in [0.5, 0.6) is 5.75 Å². The van der Waals surface area contributed by atoms with Crippen molar-refractivity contribution >= 4 is 20.7 Å². The maximum atomic E-state index is 13.5. The summed E-state index contributed by atoms with van der Waals surface area (Å²) in [5.41, 5.74) is -0.425. The minimum atomic E-state index is -4.73. The zero-order valence-electron chi connectivity index (χ0n) is 17.7. The van der Waals surface area contributed by atoms with Crippen LogP contribution in [0.25, 0.3) is 16.6 Å². The number of rotatable bonds is 6. The van der Waals surface area contributed by atoms with E-state index in [0.29, 0.717) is 22.3 Å². The van der Waals surface area contributed by atoms with E-state index in [2.05, 4.69) is 10.1 Å². The Labute approximate surface area is 188 Å². The third-order valence-electron chi connectivity index (χ3n) is 4.82. The molecule has 2 heterocycles. The van der Waals surface area contributed by atoms with Crippen LogP contribution in [0.4, 0.5) is 13.2 Å². The lowest BCUT2D eigenvalue weighted by Crippen LogP contribution is -2.11. The van der Waals surface area contributed by atoms with Gasteiger partial charge in [0, 0.05) is 11.6 Å². The summed E-state index contributed by atoms with van der Waals surface area (Å²) in [6, 6.07) is 14.8. The molecule has 33 heavy (non-hydrogen) atoms. The lowest BCUT2D eigenvalue weighted by Gasteiger charge is -2.12. The molecule has 0 aliphatic heterocycles. The van der Waals surface area contributed by atoms with Gasteiger partial charge >= 0.3 is 6.18 Å². The zero-order valence-corrected chi connectivity index (χ0v) is 18.6. The van der Waals surface area contributed by atoms with E-state index in [-0.39, 0.29) is 16.7 Å². The molecule has 0 bridgehead atoms. The van der Waals surface area contributed by atoms with Gasteiger partial charge in [-0.2, -0.15) is 18.3 Å². The molecule has 0 atom stereocenters. The molecule has 6 nitrogen and oxygen atoms in total. The van der Waals surface area contributed by atoms with Gasteiger partial charge in [-0.25, -0.2) is 13.1 Å². The number of alkyl halides is 3. The maximum absolute atomic E-state index is 13.5. The molecule has 2 aromatic heterocycles. The number of sulfone groups is 1. The molecule has 0 unspecified atom stereocenters. The first-order valence-electron chi connectivity index (χ1n) is 10.0. The van der Waals surface area contributed by atoms with Gasteiger partial charge in [0.05, 0.1) is 33.7 Å². The number of aromatic nitrogens is 3. The fraction of sp³-hybridized carbons (Fsp3) is 0.217. The predicted molar refractivity (Wildman–Crippen MR) is 117 cm³/mol. The summed E-state index contributed by atoms with van der Waals surface area (Å²) in [7, 11) is -3.97. The van der Waals surface area contributed by atoms with Crippen LogP contribution < -0.4 is 4.74 Å². The second kappa shape index (κ2) is 8.51. The zero-order chi connectivity index (χ0) is 23.8. The Morgan fingerprint density at radius 1 is 1.03 bits per heavy atom. The Balaban J connectivity index is 1.78. The van der Waals surface area contributed by atoms with Crippen LogP contribution in [-0.2, 0) is 21.8 Å². The van der Waals surface area contributed by atoms with Crippen molar-refractivity contribution in [2.45, 2.75) is 36.8 Å². The largest absolute Gasteiger partial charge is 0.491 e. The van der Waals surface area contributed by atoms with Crippen molar-refractivity contribution in [3.8, 4) is 11.4 Å². The molecule has 0 spiro atoms.